The highest BCUT2D eigenvalue weighted by Crippen LogP contribution is 2.26. The maximum Gasteiger partial charge on any atom is 0.395 e. The number of benzene rings is 1. The molecule has 0 fully saturated rings. The fourth-order valence-electron chi connectivity index (χ4n) is 1.01. The molecule has 0 spiro atoms. The number of nitrogens with zero attached hydrogens (tertiary/aromatic N) is 1. The van der Waals surface area contributed by atoms with Crippen molar-refractivity contribution in [1.82, 2.24) is 0 Å². The molecule has 3 nitrogen and oxygen atoms in total. The molecule has 4 heteroatoms. The van der Waals surface area contributed by atoms with Crippen LogP contribution in [0, 0.1) is 6.57 Å². The minimum Gasteiger partial charge on any atom is -0.475 e. The van der Waals surface area contributed by atoms with Gasteiger partial charge in [-0.15, -0.1) is 0 Å². The molecule has 1 rings (SSSR count). The van der Waals surface area contributed by atoms with Gasteiger partial charge in [-0.2, -0.15) is 0 Å². The predicted molar refractivity (Wildman–Crippen MR) is 53.0 cm³/mol. The van der Waals surface area contributed by atoms with Crippen LogP contribution in [0.1, 0.15) is 12.5 Å². The van der Waals surface area contributed by atoms with E-state index in [2.05, 4.69) is 4.85 Å². The molecule has 0 amide bonds. The number of carboxylic acid groups (broad SMARTS) is 1. The summed E-state index contributed by atoms with van der Waals surface area (Å²) in [5.41, 5.74) is -1.09. The highest BCUT2D eigenvalue weighted by Gasteiger charge is 2.42. The Bertz CT molecular complexity index is 394. The average molecular weight is 210 g/mol. The summed E-state index contributed by atoms with van der Waals surface area (Å²) in [4.78, 5) is 14.0. The van der Waals surface area contributed by atoms with Crippen molar-refractivity contribution in [1.29, 1.82) is 0 Å². The smallest absolute Gasteiger partial charge is 0.395 e. The van der Waals surface area contributed by atoms with Gasteiger partial charge in [0, 0.05) is 17.5 Å². The predicted octanol–water partition coefficient (Wildman–Crippen LogP) is 2.56. The van der Waals surface area contributed by atoms with E-state index in [4.69, 9.17) is 23.3 Å². The van der Waals surface area contributed by atoms with E-state index in [9.17, 15) is 4.79 Å². The van der Waals surface area contributed by atoms with E-state index >= 15 is 0 Å². The van der Waals surface area contributed by atoms with Crippen molar-refractivity contribution >= 4 is 17.6 Å². The van der Waals surface area contributed by atoms with Gasteiger partial charge in [-0.05, 0) is 24.3 Å². The van der Waals surface area contributed by atoms with Crippen molar-refractivity contribution < 1.29 is 9.90 Å². The van der Waals surface area contributed by atoms with Gasteiger partial charge < -0.3 is 5.11 Å². The number of hydrogen-bond acceptors (Lipinski definition) is 1. The molecule has 1 N–H and O–H groups in total. The minimum atomic E-state index is -1.52. The Kier molecular flexibility index (Phi) is 2.78. The largest absolute Gasteiger partial charge is 0.475 e. The second-order valence-corrected chi connectivity index (χ2v) is 3.43. The van der Waals surface area contributed by atoms with Gasteiger partial charge in [0.25, 0.3) is 0 Å². The van der Waals surface area contributed by atoms with Gasteiger partial charge in [-0.3, -0.25) is 4.85 Å². The van der Waals surface area contributed by atoms with E-state index in [1.54, 1.807) is 24.3 Å². The fourth-order valence-corrected chi connectivity index (χ4v) is 1.14. The Morgan fingerprint density at radius 1 is 1.50 bits per heavy atom. The van der Waals surface area contributed by atoms with E-state index < -0.39 is 11.5 Å². The fraction of sp³-hybridized carbons (Fsp3) is 0.200. The summed E-state index contributed by atoms with van der Waals surface area (Å²) in [5, 5.41) is 9.43. The Morgan fingerprint density at radius 3 is 2.36 bits per heavy atom. The molecule has 1 atom stereocenters. The van der Waals surface area contributed by atoms with E-state index in [-0.39, 0.29) is 0 Å². The molecule has 1 aromatic carbocycles. The van der Waals surface area contributed by atoms with Crippen molar-refractivity contribution in [2.75, 3.05) is 0 Å². The lowest BCUT2D eigenvalue weighted by Gasteiger charge is -2.11. The van der Waals surface area contributed by atoms with Crippen molar-refractivity contribution in [3.8, 4) is 0 Å². The molecule has 0 aliphatic rings. The SMILES string of the molecule is [C-]#[N+]C(C)(C(=O)O)c1ccc(Cl)cc1. The normalized spacial score (nSPS) is 14.1. The van der Waals surface area contributed by atoms with Crippen LogP contribution in [0.15, 0.2) is 24.3 Å². The third kappa shape index (κ3) is 1.70. The number of carbonyl (C=O) groups is 1. The summed E-state index contributed by atoms with van der Waals surface area (Å²) >= 11 is 5.66. The van der Waals surface area contributed by atoms with Crippen molar-refractivity contribution in [3.63, 3.8) is 0 Å². The number of aliphatic carboxylic acids is 1. The number of carboxylic acids is 1. The van der Waals surface area contributed by atoms with Crippen LogP contribution >= 0.6 is 11.6 Å². The first-order chi connectivity index (χ1) is 6.50. The van der Waals surface area contributed by atoms with E-state index in [1.165, 1.54) is 6.92 Å². The Balaban J connectivity index is 3.22. The van der Waals surface area contributed by atoms with Crippen LogP contribution < -0.4 is 0 Å². The average Bonchev–Trinajstić information content (AvgIpc) is 2.17. The topological polar surface area (TPSA) is 41.7 Å². The molecule has 0 radical (unpaired) electrons. The molecular formula is C10H8ClNO2. The molecule has 0 saturated carbocycles. The summed E-state index contributed by atoms with van der Waals surface area (Å²) < 4.78 is 0. The standard InChI is InChI=1S/C10H8ClNO2/c1-10(12-2,9(13)14)7-3-5-8(11)6-4-7/h3-6H,1H3,(H,13,14). The lowest BCUT2D eigenvalue weighted by molar-refractivity contribution is -0.141. The minimum absolute atomic E-state index is 0.435. The number of halogens is 1. The molecule has 0 aliphatic heterocycles. The van der Waals surface area contributed by atoms with E-state index in [1.807, 2.05) is 0 Å². The zero-order valence-corrected chi connectivity index (χ0v) is 8.25. The van der Waals surface area contributed by atoms with Crippen LogP contribution in [-0.2, 0) is 10.3 Å². The molecule has 0 aliphatic carbocycles. The van der Waals surface area contributed by atoms with Crippen LogP contribution in [0.25, 0.3) is 4.85 Å². The molecule has 0 heterocycles. The molecular weight excluding hydrogens is 202 g/mol. The molecule has 14 heavy (non-hydrogen) atoms. The molecule has 1 unspecified atom stereocenters. The Hall–Kier alpha value is -1.53. The van der Waals surface area contributed by atoms with Gasteiger partial charge >= 0.3 is 11.5 Å². The Morgan fingerprint density at radius 2 is 2.00 bits per heavy atom. The maximum absolute atomic E-state index is 10.9. The summed E-state index contributed by atoms with van der Waals surface area (Å²) in [6.07, 6.45) is 0. The maximum atomic E-state index is 10.9. The molecule has 0 aromatic heterocycles. The van der Waals surface area contributed by atoms with Gasteiger partial charge in [0.15, 0.2) is 0 Å². The van der Waals surface area contributed by atoms with Crippen LogP contribution in [0.2, 0.25) is 5.02 Å². The highest BCUT2D eigenvalue weighted by atomic mass is 35.5. The molecule has 0 bridgehead atoms. The van der Waals surface area contributed by atoms with Crippen molar-refractivity contribution in [3.05, 3.63) is 46.3 Å². The van der Waals surface area contributed by atoms with Gasteiger partial charge in [0.1, 0.15) is 0 Å². The van der Waals surface area contributed by atoms with E-state index in [0.29, 0.717) is 10.6 Å². The number of hydrogen-bond donors (Lipinski definition) is 1. The monoisotopic (exact) mass is 209 g/mol. The first-order valence-corrected chi connectivity index (χ1v) is 4.26. The van der Waals surface area contributed by atoms with E-state index in [0.717, 1.165) is 0 Å². The first kappa shape index (κ1) is 10.6. The van der Waals surface area contributed by atoms with Crippen molar-refractivity contribution in [2.45, 2.75) is 12.5 Å². The summed E-state index contributed by atoms with van der Waals surface area (Å²) in [6, 6.07) is 6.25. The summed E-state index contributed by atoms with van der Waals surface area (Å²) in [7, 11) is 0. The van der Waals surface area contributed by atoms with Crippen LogP contribution in [0.4, 0.5) is 0 Å². The van der Waals surface area contributed by atoms with Crippen molar-refractivity contribution in [2.24, 2.45) is 0 Å². The highest BCUT2D eigenvalue weighted by molar-refractivity contribution is 6.30. The number of rotatable bonds is 2. The van der Waals surface area contributed by atoms with Gasteiger partial charge in [-0.1, -0.05) is 11.6 Å². The first-order valence-electron chi connectivity index (χ1n) is 3.89. The summed E-state index contributed by atoms with van der Waals surface area (Å²) in [6.45, 7) is 8.26. The van der Waals surface area contributed by atoms with Gasteiger partial charge in [0.2, 0.25) is 0 Å². The molecule has 1 aromatic rings. The van der Waals surface area contributed by atoms with Gasteiger partial charge in [-0.25, -0.2) is 11.4 Å². The quantitative estimate of drug-likeness (QED) is 0.761. The zero-order chi connectivity index (χ0) is 10.8. The third-order valence-electron chi connectivity index (χ3n) is 2.05. The summed E-state index contributed by atoms with van der Waals surface area (Å²) in [5.74, 6) is -1.16. The second-order valence-electron chi connectivity index (χ2n) is 3.00. The van der Waals surface area contributed by atoms with Crippen LogP contribution in [0.5, 0.6) is 0 Å². The zero-order valence-electron chi connectivity index (χ0n) is 7.49. The lowest BCUT2D eigenvalue weighted by atomic mass is 9.93. The molecule has 72 valence electrons. The Labute approximate surface area is 86.8 Å². The lowest BCUT2D eigenvalue weighted by Crippen LogP contribution is -2.28. The van der Waals surface area contributed by atoms with Gasteiger partial charge in [0.05, 0.1) is 0 Å². The third-order valence-corrected chi connectivity index (χ3v) is 2.30. The second kappa shape index (κ2) is 3.69. The van der Waals surface area contributed by atoms with Crippen LogP contribution in [-0.4, -0.2) is 11.1 Å². The molecule has 0 saturated heterocycles. The van der Waals surface area contributed by atoms with Crippen LogP contribution in [0.3, 0.4) is 0 Å².